The number of hydrogen-bond acceptors (Lipinski definition) is 5. The van der Waals surface area contributed by atoms with Gasteiger partial charge in [-0.15, -0.1) is 0 Å². The van der Waals surface area contributed by atoms with E-state index in [0.29, 0.717) is 50.1 Å². The van der Waals surface area contributed by atoms with Crippen LogP contribution in [0.3, 0.4) is 0 Å². The van der Waals surface area contributed by atoms with E-state index in [9.17, 15) is 9.59 Å². The third-order valence-corrected chi connectivity index (χ3v) is 5.50. The highest BCUT2D eigenvalue weighted by molar-refractivity contribution is 6.35. The molecule has 0 aliphatic carbocycles. The fraction of sp³-hybridized carbons (Fsp3) is 0.160. The number of para-hydroxylation sites is 1. The normalized spacial score (nSPS) is 10.8. The minimum Gasteiger partial charge on any atom is -0.492 e. The Labute approximate surface area is 206 Å². The van der Waals surface area contributed by atoms with Crippen LogP contribution in [0.25, 0.3) is 22.4 Å². The standard InChI is InChI=1S/C25H21Cl2N3O4/c1-15-8-10-23(34-15)21-14-18(17-5-2-3-6-20(17)28-21)25(32)30-29-24(31)7-4-12-33-22-11-9-16(26)13-19(22)27/h2-3,5-6,8-11,13-14H,4,7,12H2,1H3,(H,29,31)(H,30,32). The second-order valence-electron chi connectivity index (χ2n) is 7.51. The minimum atomic E-state index is -0.458. The van der Waals surface area contributed by atoms with Crippen LogP contribution >= 0.6 is 23.2 Å². The van der Waals surface area contributed by atoms with E-state index in [-0.39, 0.29) is 18.9 Å². The molecule has 2 aromatic carbocycles. The summed E-state index contributed by atoms with van der Waals surface area (Å²) in [4.78, 5) is 29.7. The highest BCUT2D eigenvalue weighted by atomic mass is 35.5. The Bertz CT molecular complexity index is 1350. The van der Waals surface area contributed by atoms with Crippen LogP contribution in [0.15, 0.2) is 65.1 Å². The highest BCUT2D eigenvalue weighted by Crippen LogP contribution is 2.28. The molecule has 0 aliphatic heterocycles. The van der Waals surface area contributed by atoms with Crippen LogP contribution in [0.5, 0.6) is 5.75 Å². The number of hydrazine groups is 1. The first-order valence-electron chi connectivity index (χ1n) is 10.5. The predicted octanol–water partition coefficient (Wildman–Crippen LogP) is 5.73. The molecule has 0 spiro atoms. The minimum absolute atomic E-state index is 0.152. The number of ether oxygens (including phenoxy) is 1. The van der Waals surface area contributed by atoms with Crippen LogP contribution in [0, 0.1) is 6.92 Å². The number of carbonyl (C=O) groups is 2. The first-order valence-corrected chi connectivity index (χ1v) is 11.3. The third-order valence-electron chi connectivity index (χ3n) is 4.97. The Hall–Kier alpha value is -3.55. The summed E-state index contributed by atoms with van der Waals surface area (Å²) >= 11 is 11.9. The van der Waals surface area contributed by atoms with Crippen molar-refractivity contribution < 1.29 is 18.7 Å². The van der Waals surface area contributed by atoms with Crippen molar-refractivity contribution in [3.8, 4) is 17.2 Å². The number of aryl methyl sites for hydroxylation is 1. The van der Waals surface area contributed by atoms with E-state index >= 15 is 0 Å². The van der Waals surface area contributed by atoms with Crippen molar-refractivity contribution >= 4 is 45.9 Å². The molecule has 0 radical (unpaired) electrons. The van der Waals surface area contributed by atoms with E-state index in [1.165, 1.54) is 0 Å². The van der Waals surface area contributed by atoms with E-state index in [4.69, 9.17) is 32.4 Å². The van der Waals surface area contributed by atoms with Crippen molar-refractivity contribution in [3.63, 3.8) is 0 Å². The largest absolute Gasteiger partial charge is 0.492 e. The van der Waals surface area contributed by atoms with Crippen LogP contribution in [0.2, 0.25) is 10.0 Å². The number of pyridine rings is 1. The van der Waals surface area contributed by atoms with Crippen molar-refractivity contribution in [2.45, 2.75) is 19.8 Å². The van der Waals surface area contributed by atoms with Gasteiger partial charge in [-0.2, -0.15) is 0 Å². The lowest BCUT2D eigenvalue weighted by Crippen LogP contribution is -2.41. The molecule has 0 saturated heterocycles. The first-order chi connectivity index (χ1) is 16.4. The number of hydrogen-bond donors (Lipinski definition) is 2. The summed E-state index contributed by atoms with van der Waals surface area (Å²) in [6, 6.07) is 17.5. The van der Waals surface area contributed by atoms with Crippen LogP contribution in [0.1, 0.15) is 29.0 Å². The van der Waals surface area contributed by atoms with Crippen molar-refractivity contribution in [2.75, 3.05) is 6.61 Å². The average Bonchev–Trinajstić information content (AvgIpc) is 3.27. The summed E-state index contributed by atoms with van der Waals surface area (Å²) in [5.74, 6) is 0.986. The molecule has 2 N–H and O–H groups in total. The van der Waals surface area contributed by atoms with Crippen molar-refractivity contribution in [1.29, 1.82) is 0 Å². The highest BCUT2D eigenvalue weighted by Gasteiger charge is 2.16. The fourth-order valence-electron chi connectivity index (χ4n) is 3.33. The van der Waals surface area contributed by atoms with E-state index in [1.807, 2.05) is 31.2 Å². The lowest BCUT2D eigenvalue weighted by Gasteiger charge is -2.11. The Morgan fingerprint density at radius 1 is 1.03 bits per heavy atom. The lowest BCUT2D eigenvalue weighted by molar-refractivity contribution is -0.122. The number of fused-ring (bicyclic) bond motifs is 1. The van der Waals surface area contributed by atoms with Gasteiger partial charge in [0.1, 0.15) is 17.2 Å². The molecule has 2 amide bonds. The Morgan fingerprint density at radius 3 is 2.62 bits per heavy atom. The molecule has 174 valence electrons. The summed E-state index contributed by atoms with van der Waals surface area (Å²) in [5.41, 5.74) is 6.46. The molecular weight excluding hydrogens is 477 g/mol. The number of benzene rings is 2. The Kier molecular flexibility index (Phi) is 7.35. The van der Waals surface area contributed by atoms with Gasteiger partial charge in [0.05, 0.1) is 22.7 Å². The van der Waals surface area contributed by atoms with Gasteiger partial charge in [0.25, 0.3) is 5.91 Å². The number of halogens is 2. The van der Waals surface area contributed by atoms with Crippen LogP contribution in [0.4, 0.5) is 0 Å². The summed E-state index contributed by atoms with van der Waals surface area (Å²) in [5, 5.41) is 1.58. The molecule has 34 heavy (non-hydrogen) atoms. The molecule has 0 unspecified atom stereocenters. The van der Waals surface area contributed by atoms with E-state index in [2.05, 4.69) is 15.8 Å². The Balaban J connectivity index is 1.36. The molecule has 0 fully saturated rings. The number of nitrogens with zero attached hydrogens (tertiary/aromatic N) is 1. The summed E-state index contributed by atoms with van der Waals surface area (Å²) in [6.45, 7) is 2.12. The zero-order chi connectivity index (χ0) is 24.1. The maximum absolute atomic E-state index is 12.9. The van der Waals surface area contributed by atoms with E-state index in [0.717, 1.165) is 5.76 Å². The number of nitrogens with one attached hydrogen (secondary N) is 2. The van der Waals surface area contributed by atoms with Gasteiger partial charge in [-0.3, -0.25) is 20.4 Å². The Morgan fingerprint density at radius 2 is 1.85 bits per heavy atom. The monoisotopic (exact) mass is 497 g/mol. The molecule has 9 heteroatoms. The number of furan rings is 1. The molecule has 0 aliphatic rings. The lowest BCUT2D eigenvalue weighted by atomic mass is 10.1. The van der Waals surface area contributed by atoms with Gasteiger partial charge in [0.2, 0.25) is 5.91 Å². The number of rotatable bonds is 7. The molecule has 7 nitrogen and oxygen atoms in total. The molecule has 0 bridgehead atoms. The van der Waals surface area contributed by atoms with Gasteiger partial charge >= 0.3 is 0 Å². The summed E-state index contributed by atoms with van der Waals surface area (Å²) in [7, 11) is 0. The van der Waals surface area contributed by atoms with Crippen LogP contribution < -0.4 is 15.6 Å². The summed E-state index contributed by atoms with van der Waals surface area (Å²) < 4.78 is 11.2. The molecular formula is C25H21Cl2N3O4. The maximum Gasteiger partial charge on any atom is 0.270 e. The van der Waals surface area contributed by atoms with Crippen LogP contribution in [-0.2, 0) is 4.79 Å². The smallest absolute Gasteiger partial charge is 0.270 e. The zero-order valence-electron chi connectivity index (χ0n) is 18.2. The topological polar surface area (TPSA) is 93.5 Å². The van der Waals surface area contributed by atoms with E-state index < -0.39 is 5.91 Å². The quantitative estimate of drug-likeness (QED) is 0.251. The van der Waals surface area contributed by atoms with Gasteiger partial charge in [-0.1, -0.05) is 41.4 Å². The molecule has 2 heterocycles. The van der Waals surface area contributed by atoms with Gasteiger partial charge in [-0.05, 0) is 55.8 Å². The van der Waals surface area contributed by atoms with Gasteiger partial charge in [0, 0.05) is 16.8 Å². The number of aromatic nitrogens is 1. The SMILES string of the molecule is Cc1ccc(-c2cc(C(=O)NNC(=O)CCCOc3ccc(Cl)cc3Cl)c3ccccc3n2)o1. The van der Waals surface area contributed by atoms with Gasteiger partial charge < -0.3 is 9.15 Å². The molecule has 0 saturated carbocycles. The summed E-state index contributed by atoms with van der Waals surface area (Å²) in [6.07, 6.45) is 0.584. The average molecular weight is 498 g/mol. The van der Waals surface area contributed by atoms with Crippen molar-refractivity contribution in [1.82, 2.24) is 15.8 Å². The van der Waals surface area contributed by atoms with Crippen LogP contribution in [-0.4, -0.2) is 23.4 Å². The number of carbonyl (C=O) groups excluding carboxylic acids is 2. The van der Waals surface area contributed by atoms with Gasteiger partial charge in [-0.25, -0.2) is 4.98 Å². The second kappa shape index (κ2) is 10.6. The number of amides is 2. The van der Waals surface area contributed by atoms with E-state index in [1.54, 1.807) is 36.4 Å². The van der Waals surface area contributed by atoms with Gasteiger partial charge in [0.15, 0.2) is 5.76 Å². The third kappa shape index (κ3) is 5.68. The molecule has 4 aromatic rings. The fourth-order valence-corrected chi connectivity index (χ4v) is 3.79. The first kappa shape index (κ1) is 23.6. The molecule has 4 rings (SSSR count). The maximum atomic E-state index is 12.9. The molecule has 2 aromatic heterocycles. The predicted molar refractivity (Wildman–Crippen MR) is 131 cm³/mol. The second-order valence-corrected chi connectivity index (χ2v) is 8.36. The zero-order valence-corrected chi connectivity index (χ0v) is 19.7. The van der Waals surface area contributed by atoms with Crippen molar-refractivity contribution in [3.05, 3.63) is 82.0 Å². The van der Waals surface area contributed by atoms with Crippen molar-refractivity contribution in [2.24, 2.45) is 0 Å². The molecule has 0 atom stereocenters.